The molecular weight excluding hydrogens is 232 g/mol. The van der Waals surface area contributed by atoms with Gasteiger partial charge in [0.2, 0.25) is 0 Å². The molecule has 0 spiro atoms. The van der Waals surface area contributed by atoms with Crippen LogP contribution in [0.15, 0.2) is 12.2 Å². The summed E-state index contributed by atoms with van der Waals surface area (Å²) < 4.78 is 10.1. The first-order chi connectivity index (χ1) is 8.79. The third kappa shape index (κ3) is 7.87. The maximum atomic E-state index is 11.3. The van der Waals surface area contributed by atoms with Crippen molar-refractivity contribution >= 4 is 11.9 Å². The Morgan fingerprint density at radius 2 is 1.17 bits per heavy atom. The van der Waals surface area contributed by atoms with Crippen molar-refractivity contribution in [3.63, 3.8) is 0 Å². The van der Waals surface area contributed by atoms with E-state index in [4.69, 9.17) is 9.47 Å². The zero-order valence-electron chi connectivity index (χ0n) is 10.9. The lowest BCUT2D eigenvalue weighted by Crippen LogP contribution is -2.08. The Bertz CT molecular complexity index is 256. The Morgan fingerprint density at radius 1 is 0.722 bits per heavy atom. The zero-order valence-corrected chi connectivity index (χ0v) is 10.9. The highest BCUT2D eigenvalue weighted by Crippen LogP contribution is 2.05. The molecule has 18 heavy (non-hydrogen) atoms. The maximum Gasteiger partial charge on any atom is 0.305 e. The van der Waals surface area contributed by atoms with Crippen molar-refractivity contribution in [3.8, 4) is 0 Å². The number of carbonyl (C=O) groups is 2. The molecule has 0 aromatic carbocycles. The molecule has 0 N–H and O–H groups in total. The number of rotatable bonds is 0. The summed E-state index contributed by atoms with van der Waals surface area (Å²) in [5, 5.41) is 0. The summed E-state index contributed by atoms with van der Waals surface area (Å²) in [6.07, 6.45) is 10.0. The largest absolute Gasteiger partial charge is 0.466 e. The Labute approximate surface area is 108 Å². The van der Waals surface area contributed by atoms with Crippen LogP contribution in [0.25, 0.3) is 0 Å². The van der Waals surface area contributed by atoms with Crippen molar-refractivity contribution in [3.05, 3.63) is 12.2 Å². The minimum atomic E-state index is -0.132. The monoisotopic (exact) mass is 254 g/mol. The average molecular weight is 254 g/mol. The fourth-order valence-electron chi connectivity index (χ4n) is 1.68. The first-order valence-electron chi connectivity index (χ1n) is 6.75. The number of carbonyl (C=O) groups excluding carboxylic acids is 2. The molecule has 1 heterocycles. The SMILES string of the molecule is O=C1CCC/C=C/CCCC(=O)OCCCCO1. The molecule has 4 heteroatoms. The molecule has 0 saturated heterocycles. The minimum Gasteiger partial charge on any atom is -0.466 e. The second kappa shape index (κ2) is 9.68. The van der Waals surface area contributed by atoms with Gasteiger partial charge in [0.15, 0.2) is 0 Å². The van der Waals surface area contributed by atoms with E-state index in [1.54, 1.807) is 0 Å². The predicted molar refractivity (Wildman–Crippen MR) is 68.0 cm³/mol. The molecule has 0 fully saturated rings. The Morgan fingerprint density at radius 3 is 1.61 bits per heavy atom. The number of allylic oxidation sites excluding steroid dienone is 2. The van der Waals surface area contributed by atoms with E-state index in [1.807, 2.05) is 0 Å². The topological polar surface area (TPSA) is 52.6 Å². The molecule has 0 atom stereocenters. The van der Waals surface area contributed by atoms with Crippen molar-refractivity contribution < 1.29 is 19.1 Å². The lowest BCUT2D eigenvalue weighted by atomic mass is 10.2. The van der Waals surface area contributed by atoms with E-state index < -0.39 is 0 Å². The van der Waals surface area contributed by atoms with Gasteiger partial charge in [0.1, 0.15) is 0 Å². The van der Waals surface area contributed by atoms with E-state index in [0.717, 1.165) is 38.5 Å². The number of hydrogen-bond donors (Lipinski definition) is 0. The van der Waals surface area contributed by atoms with Gasteiger partial charge in [0.25, 0.3) is 0 Å². The molecule has 0 unspecified atom stereocenters. The Balaban J connectivity index is 2.29. The van der Waals surface area contributed by atoms with Crippen LogP contribution < -0.4 is 0 Å². The third-order valence-corrected chi connectivity index (χ3v) is 2.73. The highest BCUT2D eigenvalue weighted by Gasteiger charge is 2.04. The van der Waals surface area contributed by atoms with Crippen molar-refractivity contribution in [1.82, 2.24) is 0 Å². The number of cyclic esters (lactones) is 2. The summed E-state index contributed by atoms with van der Waals surface area (Å²) in [5.41, 5.74) is 0. The minimum absolute atomic E-state index is 0.132. The lowest BCUT2D eigenvalue weighted by molar-refractivity contribution is -0.146. The van der Waals surface area contributed by atoms with E-state index in [0.29, 0.717) is 26.1 Å². The smallest absolute Gasteiger partial charge is 0.305 e. The molecule has 0 aliphatic carbocycles. The Kier molecular flexibility index (Phi) is 7.93. The van der Waals surface area contributed by atoms with E-state index in [1.165, 1.54) is 0 Å². The van der Waals surface area contributed by atoms with Crippen molar-refractivity contribution in [1.29, 1.82) is 0 Å². The number of hydrogen-bond acceptors (Lipinski definition) is 4. The van der Waals surface area contributed by atoms with Crippen LogP contribution in [-0.2, 0) is 19.1 Å². The molecule has 1 rings (SSSR count). The summed E-state index contributed by atoms with van der Waals surface area (Å²) >= 11 is 0. The van der Waals surface area contributed by atoms with Gasteiger partial charge >= 0.3 is 11.9 Å². The predicted octanol–water partition coefficient (Wildman–Crippen LogP) is 2.76. The van der Waals surface area contributed by atoms with Crippen LogP contribution in [0.2, 0.25) is 0 Å². The zero-order chi connectivity index (χ0) is 13.1. The second-order valence-electron chi connectivity index (χ2n) is 4.40. The molecule has 102 valence electrons. The Hall–Kier alpha value is -1.32. The van der Waals surface area contributed by atoms with Crippen LogP contribution >= 0.6 is 0 Å². The van der Waals surface area contributed by atoms with E-state index in [-0.39, 0.29) is 11.9 Å². The summed E-state index contributed by atoms with van der Waals surface area (Å²) in [7, 11) is 0. The average Bonchev–Trinajstić information content (AvgIpc) is 2.35. The molecular formula is C14H22O4. The quantitative estimate of drug-likeness (QED) is 0.492. The van der Waals surface area contributed by atoms with Crippen LogP contribution in [0.1, 0.15) is 51.4 Å². The molecule has 0 aromatic rings. The molecule has 0 aromatic heterocycles. The maximum absolute atomic E-state index is 11.3. The van der Waals surface area contributed by atoms with E-state index >= 15 is 0 Å². The standard InChI is InChI=1S/C14H22O4/c15-13-9-5-3-1-2-4-6-10-14(16)18-12-8-7-11-17-13/h1-2H,3-12H2/b2-1+. The third-order valence-electron chi connectivity index (χ3n) is 2.73. The lowest BCUT2D eigenvalue weighted by Gasteiger charge is -2.06. The molecule has 0 bridgehead atoms. The molecule has 4 nitrogen and oxygen atoms in total. The van der Waals surface area contributed by atoms with Gasteiger partial charge in [-0.25, -0.2) is 0 Å². The van der Waals surface area contributed by atoms with Crippen LogP contribution in [0.4, 0.5) is 0 Å². The van der Waals surface area contributed by atoms with E-state index in [9.17, 15) is 9.59 Å². The van der Waals surface area contributed by atoms with Crippen LogP contribution in [-0.4, -0.2) is 25.2 Å². The van der Waals surface area contributed by atoms with Crippen molar-refractivity contribution in [2.45, 2.75) is 51.4 Å². The molecule has 0 radical (unpaired) electrons. The van der Waals surface area contributed by atoms with Crippen molar-refractivity contribution in [2.24, 2.45) is 0 Å². The molecule has 0 saturated carbocycles. The number of ether oxygens (including phenoxy) is 2. The van der Waals surface area contributed by atoms with Gasteiger partial charge in [0.05, 0.1) is 13.2 Å². The fourth-order valence-corrected chi connectivity index (χ4v) is 1.68. The van der Waals surface area contributed by atoms with Crippen LogP contribution in [0, 0.1) is 0 Å². The summed E-state index contributed by atoms with van der Waals surface area (Å²) in [4.78, 5) is 22.6. The second-order valence-corrected chi connectivity index (χ2v) is 4.40. The van der Waals surface area contributed by atoms with Gasteiger partial charge in [0, 0.05) is 12.8 Å². The number of esters is 2. The van der Waals surface area contributed by atoms with Crippen LogP contribution in [0.3, 0.4) is 0 Å². The van der Waals surface area contributed by atoms with Crippen molar-refractivity contribution in [2.75, 3.05) is 13.2 Å². The summed E-state index contributed by atoms with van der Waals surface area (Å²) in [6, 6.07) is 0. The molecule has 0 amide bonds. The van der Waals surface area contributed by atoms with Gasteiger partial charge in [-0.2, -0.15) is 0 Å². The first kappa shape index (κ1) is 14.7. The fraction of sp³-hybridized carbons (Fsp3) is 0.714. The normalized spacial score (nSPS) is 22.9. The van der Waals surface area contributed by atoms with E-state index in [2.05, 4.69) is 12.2 Å². The molecule has 1 aliphatic heterocycles. The van der Waals surface area contributed by atoms with Gasteiger partial charge in [-0.15, -0.1) is 0 Å². The van der Waals surface area contributed by atoms with Crippen LogP contribution in [0.5, 0.6) is 0 Å². The summed E-state index contributed by atoms with van der Waals surface area (Å²) in [6.45, 7) is 0.846. The highest BCUT2D eigenvalue weighted by atomic mass is 16.5. The van der Waals surface area contributed by atoms with Gasteiger partial charge in [-0.1, -0.05) is 12.2 Å². The summed E-state index contributed by atoms with van der Waals surface area (Å²) in [5.74, 6) is -0.264. The van der Waals surface area contributed by atoms with Gasteiger partial charge in [-0.3, -0.25) is 9.59 Å². The molecule has 1 aliphatic rings. The van der Waals surface area contributed by atoms with Gasteiger partial charge < -0.3 is 9.47 Å². The highest BCUT2D eigenvalue weighted by molar-refractivity contribution is 5.69. The van der Waals surface area contributed by atoms with Gasteiger partial charge in [-0.05, 0) is 38.5 Å². The first-order valence-corrected chi connectivity index (χ1v) is 6.75.